The third-order valence-electron chi connectivity index (χ3n) is 0.501. The van der Waals surface area contributed by atoms with Gasteiger partial charge in [0.15, 0.2) is 0 Å². The van der Waals surface area contributed by atoms with Crippen LogP contribution in [0.5, 0.6) is 0 Å². The van der Waals surface area contributed by atoms with Crippen LogP contribution in [0.25, 0.3) is 0 Å². The van der Waals surface area contributed by atoms with E-state index < -0.39 is 5.97 Å². The van der Waals surface area contributed by atoms with E-state index in [0.717, 1.165) is 0 Å². The summed E-state index contributed by atoms with van der Waals surface area (Å²) < 4.78 is 0. The molecule has 0 rings (SSSR count). The lowest BCUT2D eigenvalue weighted by Gasteiger charge is -1.83. The Bertz CT molecular complexity index is 106. The zero-order chi connectivity index (χ0) is 5.86. The van der Waals surface area contributed by atoms with Crippen molar-refractivity contribution in [1.29, 1.82) is 0 Å². The largest absolute Gasteiger partial charge is 0.478 e. The summed E-state index contributed by atoms with van der Waals surface area (Å²) in [4.78, 5) is 11.2. The number of hydrogen-bond acceptors (Lipinski definition) is 1. The predicted molar refractivity (Wildman–Crippen MR) is 30.3 cm³/mol. The van der Waals surface area contributed by atoms with Crippen LogP contribution in [-0.4, -0.2) is 11.1 Å². The van der Waals surface area contributed by atoms with Crippen molar-refractivity contribution >= 4 is 21.9 Å². The fourth-order valence-electron chi connectivity index (χ4n) is 0.0467. The van der Waals surface area contributed by atoms with Crippen LogP contribution < -0.4 is 0 Å². The molecule has 0 aromatic heterocycles. The van der Waals surface area contributed by atoms with E-state index in [9.17, 15) is 4.79 Å². The number of aliphatic carboxylic acids is 1. The van der Waals surface area contributed by atoms with Gasteiger partial charge in [-0.15, -0.1) is 0 Å². The van der Waals surface area contributed by atoms with E-state index in [1.54, 1.807) is 0 Å². The zero-order valence-corrected chi connectivity index (χ0v) is 5.40. The third-order valence-corrected chi connectivity index (χ3v) is 1.19. The summed E-state index contributed by atoms with van der Waals surface area (Å²) in [6, 6.07) is 0. The number of carboxylic acid groups (broad SMARTS) is 1. The lowest BCUT2D eigenvalue weighted by atomic mass is 10.4. The molecule has 1 N–H and O–H groups in total. The lowest BCUT2D eigenvalue weighted by molar-refractivity contribution is -0.132. The Balaban J connectivity index is 3.82. The quantitative estimate of drug-likeness (QED) is 0.595. The second-order valence-electron chi connectivity index (χ2n) is 1.10. The van der Waals surface area contributed by atoms with Crippen molar-refractivity contribution in [1.82, 2.24) is 0 Å². The van der Waals surface area contributed by atoms with Gasteiger partial charge in [-0.2, -0.15) is 0 Å². The van der Waals surface area contributed by atoms with E-state index in [2.05, 4.69) is 15.9 Å². The van der Waals surface area contributed by atoms with Crippen LogP contribution >= 0.6 is 15.9 Å². The first kappa shape index (κ1) is 6.69. The molecule has 0 spiro atoms. The van der Waals surface area contributed by atoms with Crippen LogP contribution in [0.15, 0.2) is 10.6 Å². The summed E-state index contributed by atoms with van der Waals surface area (Å²) in [6.07, 6.45) is 0. The maximum absolute atomic E-state index is 9.83. The third kappa shape index (κ3) is 2.39. The SMILES string of the molecule is C/C(=C\Br)C(=O)O. The van der Waals surface area contributed by atoms with Gasteiger partial charge in [0.25, 0.3) is 0 Å². The fraction of sp³-hybridized carbons (Fsp3) is 0.250. The van der Waals surface area contributed by atoms with E-state index in [1.807, 2.05) is 0 Å². The first-order chi connectivity index (χ1) is 3.18. The number of rotatable bonds is 1. The molecule has 40 valence electrons. The van der Waals surface area contributed by atoms with Crippen LogP contribution in [0, 0.1) is 0 Å². The highest BCUT2D eigenvalue weighted by molar-refractivity contribution is 9.11. The minimum absolute atomic E-state index is 0.306. The fourth-order valence-corrected chi connectivity index (χ4v) is 0.243. The number of halogens is 1. The summed E-state index contributed by atoms with van der Waals surface area (Å²) >= 11 is 2.87. The van der Waals surface area contributed by atoms with Crippen molar-refractivity contribution in [2.24, 2.45) is 0 Å². The first-order valence-electron chi connectivity index (χ1n) is 1.68. The highest BCUT2D eigenvalue weighted by atomic mass is 79.9. The molecule has 3 heteroatoms. The van der Waals surface area contributed by atoms with Crippen LogP contribution in [0.1, 0.15) is 6.92 Å². The van der Waals surface area contributed by atoms with Gasteiger partial charge in [0.1, 0.15) is 0 Å². The molecule has 0 aromatic carbocycles. The highest BCUT2D eigenvalue weighted by Gasteiger charge is 1.94. The van der Waals surface area contributed by atoms with Crippen molar-refractivity contribution in [3.8, 4) is 0 Å². The zero-order valence-electron chi connectivity index (χ0n) is 3.81. The van der Waals surface area contributed by atoms with Crippen molar-refractivity contribution in [3.05, 3.63) is 10.6 Å². The normalized spacial score (nSPS) is 11.4. The Kier molecular flexibility index (Phi) is 2.67. The summed E-state index contributed by atoms with van der Waals surface area (Å²) in [5, 5.41) is 8.08. The minimum Gasteiger partial charge on any atom is -0.478 e. The maximum atomic E-state index is 9.83. The molecule has 2 nitrogen and oxygen atoms in total. The van der Waals surface area contributed by atoms with Crippen LogP contribution in [-0.2, 0) is 4.79 Å². The second-order valence-corrected chi connectivity index (χ2v) is 1.56. The maximum Gasteiger partial charge on any atom is 0.331 e. The van der Waals surface area contributed by atoms with Gasteiger partial charge >= 0.3 is 5.97 Å². The van der Waals surface area contributed by atoms with Crippen molar-refractivity contribution in [2.75, 3.05) is 0 Å². The standard InChI is InChI=1S/C4H5BrO2/c1-3(2-5)4(6)7/h2H,1H3,(H,6,7)/b3-2+. The van der Waals surface area contributed by atoms with E-state index >= 15 is 0 Å². The van der Waals surface area contributed by atoms with E-state index in [1.165, 1.54) is 11.9 Å². The molecule has 0 saturated heterocycles. The molecule has 0 bridgehead atoms. The minimum atomic E-state index is -0.892. The Morgan fingerprint density at radius 1 is 1.86 bits per heavy atom. The van der Waals surface area contributed by atoms with Crippen LogP contribution in [0.2, 0.25) is 0 Å². The Hall–Kier alpha value is -0.310. The average molecular weight is 165 g/mol. The topological polar surface area (TPSA) is 37.3 Å². The van der Waals surface area contributed by atoms with Crippen molar-refractivity contribution in [3.63, 3.8) is 0 Å². The van der Waals surface area contributed by atoms with Crippen LogP contribution in [0.3, 0.4) is 0 Å². The second kappa shape index (κ2) is 2.80. The van der Waals surface area contributed by atoms with Crippen molar-refractivity contribution < 1.29 is 9.90 Å². The van der Waals surface area contributed by atoms with Gasteiger partial charge in [0.2, 0.25) is 0 Å². The summed E-state index contributed by atoms with van der Waals surface area (Å²) in [5.74, 6) is -0.892. The summed E-state index contributed by atoms with van der Waals surface area (Å²) in [6.45, 7) is 1.51. The molecule has 0 radical (unpaired) electrons. The van der Waals surface area contributed by atoms with Gasteiger partial charge < -0.3 is 5.11 Å². The molecule has 0 amide bonds. The molecule has 0 saturated carbocycles. The van der Waals surface area contributed by atoms with Gasteiger partial charge in [-0.3, -0.25) is 0 Å². The molecule has 0 aliphatic carbocycles. The predicted octanol–water partition coefficient (Wildman–Crippen LogP) is 1.37. The molecule has 0 heterocycles. The number of hydrogen-bond donors (Lipinski definition) is 1. The number of carboxylic acids is 1. The summed E-state index contributed by atoms with van der Waals surface area (Å²) in [7, 11) is 0. The van der Waals surface area contributed by atoms with Gasteiger partial charge in [0.05, 0.1) is 0 Å². The van der Waals surface area contributed by atoms with Gasteiger partial charge in [-0.25, -0.2) is 4.79 Å². The molecule has 7 heavy (non-hydrogen) atoms. The monoisotopic (exact) mass is 164 g/mol. The molecular formula is C4H5BrO2. The average Bonchev–Trinajstić information content (AvgIpc) is 1.65. The Morgan fingerprint density at radius 2 is 2.29 bits per heavy atom. The van der Waals surface area contributed by atoms with E-state index in [4.69, 9.17) is 5.11 Å². The Labute approximate surface area is 50.0 Å². The van der Waals surface area contributed by atoms with Crippen LogP contribution in [0.4, 0.5) is 0 Å². The van der Waals surface area contributed by atoms with Gasteiger partial charge in [0, 0.05) is 5.57 Å². The Morgan fingerprint density at radius 3 is 2.29 bits per heavy atom. The van der Waals surface area contributed by atoms with Crippen molar-refractivity contribution in [2.45, 2.75) is 6.92 Å². The highest BCUT2D eigenvalue weighted by Crippen LogP contribution is 1.94. The molecular weight excluding hydrogens is 160 g/mol. The smallest absolute Gasteiger partial charge is 0.331 e. The van der Waals surface area contributed by atoms with Gasteiger partial charge in [-0.05, 0) is 11.9 Å². The van der Waals surface area contributed by atoms with Gasteiger partial charge in [-0.1, -0.05) is 15.9 Å². The molecule has 0 unspecified atom stereocenters. The van der Waals surface area contributed by atoms with E-state index in [-0.39, 0.29) is 0 Å². The van der Waals surface area contributed by atoms with E-state index in [0.29, 0.717) is 5.57 Å². The summed E-state index contributed by atoms with van der Waals surface area (Å²) in [5.41, 5.74) is 0.306. The molecule has 0 fully saturated rings. The molecule has 0 atom stereocenters. The molecule has 0 aliphatic rings. The molecule has 0 aromatic rings. The molecule has 0 aliphatic heterocycles. The first-order valence-corrected chi connectivity index (χ1v) is 2.60. The lowest BCUT2D eigenvalue weighted by Crippen LogP contribution is -1.93. The number of carbonyl (C=O) groups is 1.